The molecule has 0 aromatic rings. The molecule has 2 saturated carbocycles. The molecule has 4 atom stereocenters. The number of hydrogen-bond donors (Lipinski definition) is 1. The molecule has 0 spiro atoms. The van der Waals surface area contributed by atoms with Crippen molar-refractivity contribution in [1.82, 2.24) is 0 Å². The fourth-order valence-corrected chi connectivity index (χ4v) is 5.22. The topological polar surface area (TPSA) is 60.2 Å². The molecule has 2 N–H and O–H groups in total. The van der Waals surface area contributed by atoms with Gasteiger partial charge in [-0.25, -0.2) is 8.42 Å². The maximum atomic E-state index is 13.0. The number of sulfone groups is 1. The summed E-state index contributed by atoms with van der Waals surface area (Å²) in [5.74, 6) is -1.45. The maximum Gasteiger partial charge on any atom is 0.391 e. The van der Waals surface area contributed by atoms with E-state index in [2.05, 4.69) is 0 Å². The molecule has 7 heteroatoms. The summed E-state index contributed by atoms with van der Waals surface area (Å²) in [6, 6.07) is 0. The van der Waals surface area contributed by atoms with Crippen molar-refractivity contribution in [2.45, 2.75) is 68.3 Å². The zero-order valence-electron chi connectivity index (χ0n) is 12.3. The molecule has 3 nitrogen and oxygen atoms in total. The molecule has 0 heterocycles. The van der Waals surface area contributed by atoms with Crippen molar-refractivity contribution in [3.05, 3.63) is 0 Å². The molecule has 0 aromatic carbocycles. The average molecular weight is 327 g/mol. The Hall–Kier alpha value is -0.300. The molecule has 0 aromatic heterocycles. The van der Waals surface area contributed by atoms with Crippen LogP contribution >= 0.6 is 0 Å². The third-order valence-electron chi connectivity index (χ3n) is 5.33. The van der Waals surface area contributed by atoms with Gasteiger partial charge in [0.25, 0.3) is 0 Å². The third kappa shape index (κ3) is 3.92. The van der Waals surface area contributed by atoms with Crippen molar-refractivity contribution in [2.75, 3.05) is 6.26 Å². The van der Waals surface area contributed by atoms with Gasteiger partial charge in [-0.05, 0) is 44.4 Å². The Labute approximate surface area is 124 Å². The van der Waals surface area contributed by atoms with E-state index in [1.165, 1.54) is 6.26 Å². The van der Waals surface area contributed by atoms with Crippen LogP contribution in [-0.4, -0.2) is 31.6 Å². The first-order chi connectivity index (χ1) is 9.52. The molecule has 2 rings (SSSR count). The van der Waals surface area contributed by atoms with E-state index >= 15 is 0 Å². The fraction of sp³-hybridized carbons (Fsp3) is 1.00. The highest BCUT2D eigenvalue weighted by Crippen LogP contribution is 2.47. The second kappa shape index (κ2) is 5.72. The molecule has 2 fully saturated rings. The van der Waals surface area contributed by atoms with Crippen molar-refractivity contribution >= 4 is 9.84 Å². The normalized spacial score (nSPS) is 39.2. The standard InChI is InChI=1S/C14H24F3NO2S/c1-21(19,20)12-6-2-4-10(8-12)13(18)7-3-5-11(9-13)14(15,16)17/h10-12H,2-9,18H2,1H3. The first-order valence-electron chi connectivity index (χ1n) is 7.57. The number of rotatable bonds is 2. The van der Waals surface area contributed by atoms with Gasteiger partial charge >= 0.3 is 6.18 Å². The second-order valence-corrected chi connectivity index (χ2v) is 9.21. The fourth-order valence-electron chi connectivity index (χ4n) is 4.05. The van der Waals surface area contributed by atoms with Crippen LogP contribution in [-0.2, 0) is 9.84 Å². The van der Waals surface area contributed by atoms with Crippen LogP contribution in [0.2, 0.25) is 0 Å². The number of nitrogens with two attached hydrogens (primary N) is 1. The molecule has 4 unspecified atom stereocenters. The Morgan fingerprint density at radius 1 is 1.14 bits per heavy atom. The minimum Gasteiger partial charge on any atom is -0.325 e. The van der Waals surface area contributed by atoms with Crippen molar-refractivity contribution in [3.8, 4) is 0 Å². The third-order valence-corrected chi connectivity index (χ3v) is 6.97. The highest BCUT2D eigenvalue weighted by molar-refractivity contribution is 7.91. The van der Waals surface area contributed by atoms with E-state index in [1.807, 2.05) is 0 Å². The molecule has 21 heavy (non-hydrogen) atoms. The Morgan fingerprint density at radius 2 is 1.81 bits per heavy atom. The lowest BCUT2D eigenvalue weighted by atomic mass is 9.65. The molecular formula is C14H24F3NO2S. The lowest BCUT2D eigenvalue weighted by Crippen LogP contribution is -2.54. The van der Waals surface area contributed by atoms with Crippen LogP contribution in [0.3, 0.4) is 0 Å². The van der Waals surface area contributed by atoms with Gasteiger partial charge in [0.05, 0.1) is 11.2 Å². The van der Waals surface area contributed by atoms with Gasteiger partial charge in [-0.3, -0.25) is 0 Å². The predicted molar refractivity (Wildman–Crippen MR) is 75.5 cm³/mol. The van der Waals surface area contributed by atoms with Crippen LogP contribution in [0, 0.1) is 11.8 Å². The highest BCUT2D eigenvalue weighted by Gasteiger charge is 2.49. The quantitative estimate of drug-likeness (QED) is 0.848. The van der Waals surface area contributed by atoms with Crippen molar-refractivity contribution in [1.29, 1.82) is 0 Å². The molecule has 0 aliphatic heterocycles. The van der Waals surface area contributed by atoms with E-state index in [-0.39, 0.29) is 18.8 Å². The summed E-state index contributed by atoms with van der Waals surface area (Å²) in [5.41, 5.74) is 5.47. The number of hydrogen-bond acceptors (Lipinski definition) is 3. The van der Waals surface area contributed by atoms with Crippen LogP contribution in [0.5, 0.6) is 0 Å². The Bertz CT molecular complexity index is 477. The molecule has 124 valence electrons. The van der Waals surface area contributed by atoms with E-state index in [4.69, 9.17) is 5.73 Å². The first kappa shape index (κ1) is 17.1. The molecular weight excluding hydrogens is 303 g/mol. The van der Waals surface area contributed by atoms with Gasteiger partial charge in [-0.2, -0.15) is 13.2 Å². The highest BCUT2D eigenvalue weighted by atomic mass is 32.2. The zero-order valence-corrected chi connectivity index (χ0v) is 13.1. The van der Waals surface area contributed by atoms with Crippen LogP contribution in [0.1, 0.15) is 51.4 Å². The second-order valence-electron chi connectivity index (χ2n) is 6.88. The Kier molecular flexibility index (Phi) is 4.65. The number of alkyl halides is 3. The summed E-state index contributed by atoms with van der Waals surface area (Å²) >= 11 is 0. The Morgan fingerprint density at radius 3 is 2.38 bits per heavy atom. The van der Waals surface area contributed by atoms with Crippen LogP contribution < -0.4 is 5.73 Å². The molecule has 2 aliphatic carbocycles. The summed E-state index contributed by atoms with van der Waals surface area (Å²) < 4.78 is 62.3. The minimum absolute atomic E-state index is 0.0579. The largest absolute Gasteiger partial charge is 0.391 e. The summed E-state index contributed by atoms with van der Waals surface area (Å²) in [4.78, 5) is 0. The van der Waals surface area contributed by atoms with E-state index < -0.39 is 32.7 Å². The lowest BCUT2D eigenvalue weighted by molar-refractivity contribution is -0.189. The summed E-state index contributed by atoms with van der Waals surface area (Å²) in [6.07, 6.45) is 0.640. The predicted octanol–water partition coefficient (Wildman–Crippen LogP) is 3.04. The van der Waals surface area contributed by atoms with Crippen molar-refractivity contribution in [3.63, 3.8) is 0 Å². The van der Waals surface area contributed by atoms with E-state index in [1.54, 1.807) is 0 Å². The molecule has 0 saturated heterocycles. The van der Waals surface area contributed by atoms with Gasteiger partial charge in [-0.1, -0.05) is 12.8 Å². The van der Waals surface area contributed by atoms with Crippen LogP contribution in [0.25, 0.3) is 0 Å². The smallest absolute Gasteiger partial charge is 0.325 e. The van der Waals surface area contributed by atoms with Gasteiger partial charge in [0, 0.05) is 11.8 Å². The van der Waals surface area contributed by atoms with Crippen LogP contribution in [0.4, 0.5) is 13.2 Å². The summed E-state index contributed by atoms with van der Waals surface area (Å²) in [5, 5.41) is -0.442. The minimum atomic E-state index is -4.20. The molecule has 0 bridgehead atoms. The van der Waals surface area contributed by atoms with Crippen molar-refractivity contribution < 1.29 is 21.6 Å². The van der Waals surface area contributed by atoms with Gasteiger partial charge < -0.3 is 5.73 Å². The van der Waals surface area contributed by atoms with Gasteiger partial charge in [0.15, 0.2) is 0 Å². The van der Waals surface area contributed by atoms with E-state index in [0.717, 1.165) is 12.8 Å². The maximum absolute atomic E-state index is 13.0. The Balaban J connectivity index is 2.12. The molecule has 0 radical (unpaired) electrons. The average Bonchev–Trinajstić information content (AvgIpc) is 2.37. The summed E-state index contributed by atoms with van der Waals surface area (Å²) in [7, 11) is -3.14. The SMILES string of the molecule is CS(=O)(=O)C1CCCC(C2(N)CCCC(C(F)(F)F)C2)C1. The monoisotopic (exact) mass is 327 g/mol. The first-order valence-corrected chi connectivity index (χ1v) is 9.52. The number of halogens is 3. The molecule has 0 amide bonds. The lowest BCUT2D eigenvalue weighted by Gasteiger charge is -2.46. The molecule has 2 aliphatic rings. The van der Waals surface area contributed by atoms with Gasteiger partial charge in [-0.15, -0.1) is 0 Å². The zero-order chi connectivity index (χ0) is 15.9. The van der Waals surface area contributed by atoms with Crippen molar-refractivity contribution in [2.24, 2.45) is 17.6 Å². The summed E-state index contributed by atoms with van der Waals surface area (Å²) in [6.45, 7) is 0. The van der Waals surface area contributed by atoms with Crippen LogP contribution in [0.15, 0.2) is 0 Å². The van der Waals surface area contributed by atoms with Gasteiger partial charge in [0.1, 0.15) is 9.84 Å². The van der Waals surface area contributed by atoms with E-state index in [9.17, 15) is 21.6 Å². The van der Waals surface area contributed by atoms with Gasteiger partial charge in [0.2, 0.25) is 0 Å². The van der Waals surface area contributed by atoms with E-state index in [0.29, 0.717) is 25.7 Å².